The van der Waals surface area contributed by atoms with Crippen LogP contribution in [-0.2, 0) is 14.8 Å². The molecule has 0 bridgehead atoms. The molecule has 0 fully saturated rings. The molecule has 0 amide bonds. The SMILES string of the molecule is C/C=C(\C=C/COc1c(N)cccc1Cl)S(=O)(=O)N(CC)CCOC. The lowest BCUT2D eigenvalue weighted by molar-refractivity contribution is 0.181. The highest BCUT2D eigenvalue weighted by atomic mass is 35.5. The van der Waals surface area contributed by atoms with Crippen LogP contribution in [0.15, 0.2) is 41.3 Å². The van der Waals surface area contributed by atoms with Crippen LogP contribution in [0.25, 0.3) is 0 Å². The minimum atomic E-state index is -3.58. The first-order valence-electron chi connectivity index (χ1n) is 7.87. The van der Waals surface area contributed by atoms with E-state index in [0.29, 0.717) is 36.2 Å². The van der Waals surface area contributed by atoms with E-state index >= 15 is 0 Å². The van der Waals surface area contributed by atoms with Crippen LogP contribution in [0, 0.1) is 0 Å². The largest absolute Gasteiger partial charge is 0.486 e. The van der Waals surface area contributed by atoms with Gasteiger partial charge in [0.1, 0.15) is 6.61 Å². The van der Waals surface area contributed by atoms with Crippen molar-refractivity contribution in [2.24, 2.45) is 0 Å². The number of benzene rings is 1. The van der Waals surface area contributed by atoms with Gasteiger partial charge in [0.25, 0.3) is 0 Å². The minimum Gasteiger partial charge on any atom is -0.486 e. The molecule has 0 aromatic heterocycles. The molecule has 0 aliphatic carbocycles. The number of ether oxygens (including phenoxy) is 2. The standard InChI is InChI=1S/C17H25ClN2O4S/c1-4-14(25(21,22)20(5-2)11-13-23-3)8-7-12-24-17-15(18)9-6-10-16(17)19/h4,6-10H,5,11-13,19H2,1-3H3/b8-7-,14-4+. The molecule has 8 heteroatoms. The van der Waals surface area contributed by atoms with Gasteiger partial charge in [-0.1, -0.05) is 30.7 Å². The highest BCUT2D eigenvalue weighted by Crippen LogP contribution is 2.30. The first-order valence-corrected chi connectivity index (χ1v) is 9.69. The topological polar surface area (TPSA) is 81.9 Å². The Kier molecular flexibility index (Phi) is 8.99. The van der Waals surface area contributed by atoms with Crippen molar-refractivity contribution in [2.75, 3.05) is 39.1 Å². The van der Waals surface area contributed by atoms with Crippen molar-refractivity contribution in [3.63, 3.8) is 0 Å². The average molecular weight is 389 g/mol. The van der Waals surface area contributed by atoms with E-state index in [1.54, 1.807) is 44.2 Å². The van der Waals surface area contributed by atoms with Crippen molar-refractivity contribution >= 4 is 27.3 Å². The number of anilines is 1. The maximum Gasteiger partial charge on any atom is 0.242 e. The van der Waals surface area contributed by atoms with Crippen LogP contribution in [0.5, 0.6) is 5.75 Å². The summed E-state index contributed by atoms with van der Waals surface area (Å²) in [5.41, 5.74) is 6.23. The van der Waals surface area contributed by atoms with Crippen LogP contribution in [-0.4, -0.2) is 46.1 Å². The van der Waals surface area contributed by atoms with Crippen LogP contribution < -0.4 is 10.5 Å². The van der Waals surface area contributed by atoms with E-state index in [1.165, 1.54) is 17.5 Å². The van der Waals surface area contributed by atoms with Crippen molar-refractivity contribution in [1.29, 1.82) is 0 Å². The van der Waals surface area contributed by atoms with Crippen molar-refractivity contribution in [3.05, 3.63) is 46.4 Å². The van der Waals surface area contributed by atoms with Gasteiger partial charge in [0.15, 0.2) is 5.75 Å². The number of nitrogen functional groups attached to an aromatic ring is 1. The number of nitrogens with two attached hydrogens (primary N) is 1. The van der Waals surface area contributed by atoms with Crippen molar-refractivity contribution in [3.8, 4) is 5.75 Å². The maximum atomic E-state index is 12.6. The molecule has 0 aliphatic rings. The van der Waals surface area contributed by atoms with Crippen molar-refractivity contribution in [1.82, 2.24) is 4.31 Å². The molecule has 0 unspecified atom stereocenters. The summed E-state index contributed by atoms with van der Waals surface area (Å²) in [7, 11) is -2.04. The number of rotatable bonds is 10. The highest BCUT2D eigenvalue weighted by molar-refractivity contribution is 7.93. The third kappa shape index (κ3) is 6.04. The second kappa shape index (κ2) is 10.5. The smallest absolute Gasteiger partial charge is 0.242 e. The van der Waals surface area contributed by atoms with Gasteiger partial charge in [0, 0.05) is 20.2 Å². The lowest BCUT2D eigenvalue weighted by atomic mass is 10.3. The van der Waals surface area contributed by atoms with E-state index in [1.807, 2.05) is 0 Å². The first kappa shape index (κ1) is 21.5. The molecular formula is C17H25ClN2O4S. The Labute approximate surface area is 154 Å². The number of methoxy groups -OCH3 is 1. The maximum absolute atomic E-state index is 12.6. The fourth-order valence-electron chi connectivity index (χ4n) is 2.10. The van der Waals surface area contributed by atoms with E-state index in [9.17, 15) is 8.42 Å². The van der Waals surface area contributed by atoms with Gasteiger partial charge in [-0.25, -0.2) is 8.42 Å². The molecule has 25 heavy (non-hydrogen) atoms. The zero-order valence-corrected chi connectivity index (χ0v) is 16.3. The fourth-order valence-corrected chi connectivity index (χ4v) is 3.85. The summed E-state index contributed by atoms with van der Waals surface area (Å²) >= 11 is 6.02. The molecule has 0 atom stereocenters. The lowest BCUT2D eigenvalue weighted by Gasteiger charge is -2.20. The molecule has 0 radical (unpaired) electrons. The number of sulfonamides is 1. The Morgan fingerprint density at radius 3 is 2.68 bits per heavy atom. The molecule has 1 aromatic carbocycles. The molecule has 0 heterocycles. The molecule has 6 nitrogen and oxygen atoms in total. The van der Waals surface area contributed by atoms with Crippen LogP contribution in [0.4, 0.5) is 5.69 Å². The van der Waals surface area contributed by atoms with E-state index < -0.39 is 10.0 Å². The highest BCUT2D eigenvalue weighted by Gasteiger charge is 2.22. The number of nitrogens with zero attached hydrogens (tertiary/aromatic N) is 1. The summed E-state index contributed by atoms with van der Waals surface area (Å²) < 4.78 is 37.1. The third-order valence-electron chi connectivity index (χ3n) is 3.42. The van der Waals surface area contributed by atoms with Crippen LogP contribution >= 0.6 is 11.6 Å². The van der Waals surface area contributed by atoms with Gasteiger partial charge in [0.2, 0.25) is 10.0 Å². The Morgan fingerprint density at radius 2 is 2.12 bits per heavy atom. The van der Waals surface area contributed by atoms with E-state index in [-0.39, 0.29) is 11.5 Å². The average Bonchev–Trinajstić information content (AvgIpc) is 2.57. The van der Waals surface area contributed by atoms with Gasteiger partial charge in [-0.15, -0.1) is 0 Å². The van der Waals surface area contributed by atoms with E-state index in [4.69, 9.17) is 26.8 Å². The van der Waals surface area contributed by atoms with Gasteiger partial charge >= 0.3 is 0 Å². The predicted octanol–water partition coefficient (Wildman–Crippen LogP) is 3.06. The van der Waals surface area contributed by atoms with E-state index in [0.717, 1.165) is 0 Å². The van der Waals surface area contributed by atoms with Gasteiger partial charge in [0.05, 0.1) is 22.2 Å². The Bertz CT molecular complexity index is 697. The molecule has 1 aromatic rings. The molecule has 0 saturated heterocycles. The van der Waals surface area contributed by atoms with Crippen LogP contribution in [0.1, 0.15) is 13.8 Å². The van der Waals surface area contributed by atoms with Crippen LogP contribution in [0.3, 0.4) is 0 Å². The minimum absolute atomic E-state index is 0.144. The fraction of sp³-hybridized carbons (Fsp3) is 0.412. The predicted molar refractivity (Wildman–Crippen MR) is 102 cm³/mol. The lowest BCUT2D eigenvalue weighted by Crippen LogP contribution is -2.34. The number of hydrogen-bond acceptors (Lipinski definition) is 5. The number of allylic oxidation sites excluding steroid dienone is 2. The zero-order chi connectivity index (χ0) is 18.9. The second-order valence-electron chi connectivity index (χ2n) is 5.05. The summed E-state index contributed by atoms with van der Waals surface area (Å²) in [6.07, 6.45) is 4.67. The number of hydrogen-bond donors (Lipinski definition) is 1. The number of likely N-dealkylation sites (N-methyl/N-ethyl adjacent to an activating group) is 1. The van der Waals surface area contributed by atoms with E-state index in [2.05, 4.69) is 0 Å². The molecular weight excluding hydrogens is 364 g/mol. The molecule has 0 aliphatic heterocycles. The number of halogens is 1. The molecule has 0 saturated carbocycles. The van der Waals surface area contributed by atoms with Gasteiger partial charge in [-0.05, 0) is 31.2 Å². The number of para-hydroxylation sites is 1. The molecule has 1 rings (SSSR count). The van der Waals surface area contributed by atoms with Crippen LogP contribution in [0.2, 0.25) is 5.02 Å². The Morgan fingerprint density at radius 1 is 1.40 bits per heavy atom. The third-order valence-corrected chi connectivity index (χ3v) is 5.81. The molecule has 140 valence electrons. The normalized spacial score (nSPS) is 12.9. The summed E-state index contributed by atoms with van der Waals surface area (Å²) in [6, 6.07) is 5.08. The summed E-state index contributed by atoms with van der Waals surface area (Å²) in [6.45, 7) is 4.60. The van der Waals surface area contributed by atoms with Gasteiger partial charge < -0.3 is 15.2 Å². The van der Waals surface area contributed by atoms with Gasteiger partial charge in [-0.2, -0.15) is 4.31 Å². The second-order valence-corrected chi connectivity index (χ2v) is 7.40. The molecule has 2 N–H and O–H groups in total. The Balaban J connectivity index is 2.79. The Hall–Kier alpha value is -1.54. The quantitative estimate of drug-likeness (QED) is 0.492. The summed E-state index contributed by atoms with van der Waals surface area (Å²) in [4.78, 5) is 0.196. The summed E-state index contributed by atoms with van der Waals surface area (Å²) in [5, 5.41) is 0.406. The monoisotopic (exact) mass is 388 g/mol. The van der Waals surface area contributed by atoms with Crippen molar-refractivity contribution < 1.29 is 17.9 Å². The first-order chi connectivity index (χ1) is 11.9. The zero-order valence-electron chi connectivity index (χ0n) is 14.7. The van der Waals surface area contributed by atoms with Crippen molar-refractivity contribution in [2.45, 2.75) is 13.8 Å². The van der Waals surface area contributed by atoms with Gasteiger partial charge in [-0.3, -0.25) is 0 Å². The summed E-state index contributed by atoms with van der Waals surface area (Å²) in [5.74, 6) is 0.383. The molecule has 0 spiro atoms.